The maximum absolute atomic E-state index is 12.1. The second kappa shape index (κ2) is 9.26. The summed E-state index contributed by atoms with van der Waals surface area (Å²) in [6.45, 7) is 9.10. The van der Waals surface area contributed by atoms with Crippen molar-refractivity contribution in [3.63, 3.8) is 0 Å². The van der Waals surface area contributed by atoms with E-state index in [2.05, 4.69) is 9.88 Å². The Morgan fingerprint density at radius 3 is 2.71 bits per heavy atom. The molecule has 0 radical (unpaired) electrons. The van der Waals surface area contributed by atoms with Crippen LogP contribution in [0.5, 0.6) is 0 Å². The molecule has 132 valence electrons. The zero-order chi connectivity index (χ0) is 18.3. The first-order valence-corrected chi connectivity index (χ1v) is 8.05. The number of aryl methyl sites for hydroxylation is 1. The molecule has 0 aliphatic heterocycles. The van der Waals surface area contributed by atoms with E-state index >= 15 is 0 Å². The van der Waals surface area contributed by atoms with Gasteiger partial charge in [-0.2, -0.15) is 5.26 Å². The van der Waals surface area contributed by atoms with Crippen LogP contribution in [0, 0.1) is 31.1 Å². The Labute approximate surface area is 143 Å². The topological polar surface area (TPSA) is 87.3 Å². The number of aliphatic hydroxyl groups is 1. The van der Waals surface area contributed by atoms with Gasteiger partial charge in [-0.15, -0.1) is 0 Å². The Kier molecular flexibility index (Phi) is 7.69. The van der Waals surface area contributed by atoms with Crippen LogP contribution in [0.2, 0.25) is 0 Å². The van der Waals surface area contributed by atoms with E-state index in [-0.39, 0.29) is 18.0 Å². The molecule has 0 fully saturated rings. The number of hydrogen-bond donors (Lipinski definition) is 2. The second-order valence-electron chi connectivity index (χ2n) is 6.16. The molecular formula is C18H27N3O3. The quantitative estimate of drug-likeness (QED) is 0.561. The lowest BCUT2D eigenvalue weighted by atomic mass is 10.1. The molecule has 1 amide bonds. The molecule has 0 aliphatic rings. The minimum absolute atomic E-state index is 0.0259. The number of nitriles is 1. The number of amides is 1. The summed E-state index contributed by atoms with van der Waals surface area (Å²) in [6, 6.07) is 3.88. The highest BCUT2D eigenvalue weighted by Crippen LogP contribution is 2.18. The number of carbonyl (C=O) groups excluding carboxylic acids is 1. The van der Waals surface area contributed by atoms with Crippen LogP contribution in [0.25, 0.3) is 6.08 Å². The van der Waals surface area contributed by atoms with Crippen molar-refractivity contribution in [3.05, 3.63) is 28.6 Å². The van der Waals surface area contributed by atoms with Gasteiger partial charge in [0.05, 0.1) is 12.7 Å². The summed E-state index contributed by atoms with van der Waals surface area (Å²) in [7, 11) is 1.65. The van der Waals surface area contributed by atoms with Crippen molar-refractivity contribution in [2.45, 2.75) is 40.3 Å². The highest BCUT2D eigenvalue weighted by atomic mass is 16.5. The molecule has 0 aliphatic carbocycles. The monoisotopic (exact) mass is 333 g/mol. The number of nitrogens with zero attached hydrogens (tertiary/aromatic N) is 2. The fourth-order valence-corrected chi connectivity index (χ4v) is 2.33. The van der Waals surface area contributed by atoms with Crippen molar-refractivity contribution < 1.29 is 14.6 Å². The standard InChI is InChI=1S/C18H27N3O3/c1-12(2)17(22)11-20-18(23)16(10-19)9-15-8-13(3)21(14(15)4)6-7-24-5/h8-9,12,17,22H,6-7,11H2,1-5H3,(H,20,23)/b16-9-. The molecule has 1 aromatic heterocycles. The summed E-state index contributed by atoms with van der Waals surface area (Å²) in [5.74, 6) is -0.432. The molecule has 1 heterocycles. The molecule has 0 saturated carbocycles. The van der Waals surface area contributed by atoms with Gasteiger partial charge in [-0.3, -0.25) is 4.79 Å². The summed E-state index contributed by atoms with van der Waals surface area (Å²) < 4.78 is 7.19. The lowest BCUT2D eigenvalue weighted by Crippen LogP contribution is -2.35. The summed E-state index contributed by atoms with van der Waals surface area (Å²) >= 11 is 0. The number of ether oxygens (including phenoxy) is 1. The van der Waals surface area contributed by atoms with Gasteiger partial charge in [0.25, 0.3) is 5.91 Å². The third kappa shape index (κ3) is 5.22. The van der Waals surface area contributed by atoms with Crippen molar-refractivity contribution in [1.29, 1.82) is 5.26 Å². The number of aliphatic hydroxyl groups excluding tert-OH is 1. The highest BCUT2D eigenvalue weighted by molar-refractivity contribution is 6.01. The van der Waals surface area contributed by atoms with E-state index in [1.54, 1.807) is 13.2 Å². The maximum Gasteiger partial charge on any atom is 0.262 e. The van der Waals surface area contributed by atoms with E-state index in [4.69, 9.17) is 4.74 Å². The number of nitrogens with one attached hydrogen (secondary N) is 1. The van der Waals surface area contributed by atoms with E-state index in [9.17, 15) is 15.2 Å². The first kappa shape index (κ1) is 19.9. The van der Waals surface area contributed by atoms with Gasteiger partial charge in [0.15, 0.2) is 0 Å². The Hall–Kier alpha value is -2.10. The van der Waals surface area contributed by atoms with Gasteiger partial charge in [0.1, 0.15) is 11.6 Å². The van der Waals surface area contributed by atoms with Crippen LogP contribution in [0.15, 0.2) is 11.6 Å². The zero-order valence-corrected chi connectivity index (χ0v) is 15.1. The molecule has 6 heteroatoms. The van der Waals surface area contributed by atoms with Crippen molar-refractivity contribution in [2.24, 2.45) is 5.92 Å². The maximum atomic E-state index is 12.1. The number of rotatable bonds is 8. The van der Waals surface area contributed by atoms with Crippen molar-refractivity contribution >= 4 is 12.0 Å². The van der Waals surface area contributed by atoms with E-state index in [1.807, 2.05) is 39.8 Å². The van der Waals surface area contributed by atoms with Crippen molar-refractivity contribution in [2.75, 3.05) is 20.3 Å². The minimum Gasteiger partial charge on any atom is -0.391 e. The fraction of sp³-hybridized carbons (Fsp3) is 0.556. The Morgan fingerprint density at radius 2 is 2.17 bits per heavy atom. The van der Waals surface area contributed by atoms with Crippen LogP contribution in [0.3, 0.4) is 0 Å². The highest BCUT2D eigenvalue weighted by Gasteiger charge is 2.15. The van der Waals surface area contributed by atoms with E-state index in [1.165, 1.54) is 0 Å². The minimum atomic E-state index is -0.631. The van der Waals surface area contributed by atoms with Gasteiger partial charge < -0.3 is 19.7 Å². The molecule has 0 aromatic carbocycles. The van der Waals surface area contributed by atoms with E-state index in [0.29, 0.717) is 6.61 Å². The molecule has 6 nitrogen and oxygen atoms in total. The predicted molar refractivity (Wildman–Crippen MR) is 93.2 cm³/mol. The van der Waals surface area contributed by atoms with Crippen LogP contribution in [0.4, 0.5) is 0 Å². The molecule has 1 rings (SSSR count). The SMILES string of the molecule is COCCn1c(C)cc(/C=C(/C#N)C(=O)NCC(O)C(C)C)c1C. The molecule has 1 aromatic rings. The van der Waals surface area contributed by atoms with Crippen LogP contribution in [-0.2, 0) is 16.1 Å². The summed E-state index contributed by atoms with van der Waals surface area (Å²) in [6.07, 6.45) is 0.955. The summed E-state index contributed by atoms with van der Waals surface area (Å²) in [5, 5.41) is 21.6. The molecule has 1 unspecified atom stereocenters. The van der Waals surface area contributed by atoms with Crippen molar-refractivity contribution in [3.8, 4) is 6.07 Å². The third-order valence-electron chi connectivity index (χ3n) is 4.04. The molecule has 0 bridgehead atoms. The lowest BCUT2D eigenvalue weighted by Gasteiger charge is -2.14. The molecular weight excluding hydrogens is 306 g/mol. The van der Waals surface area contributed by atoms with Gasteiger partial charge in [-0.25, -0.2) is 0 Å². The summed E-state index contributed by atoms with van der Waals surface area (Å²) in [5.41, 5.74) is 2.88. The van der Waals surface area contributed by atoms with Gasteiger partial charge in [-0.05, 0) is 37.5 Å². The molecule has 24 heavy (non-hydrogen) atoms. The van der Waals surface area contributed by atoms with E-state index < -0.39 is 12.0 Å². The molecule has 0 saturated heterocycles. The van der Waals surface area contributed by atoms with Crippen LogP contribution in [-0.4, -0.2) is 41.9 Å². The van der Waals surface area contributed by atoms with E-state index in [0.717, 1.165) is 23.5 Å². The first-order chi connectivity index (χ1) is 11.3. The van der Waals surface area contributed by atoms with Gasteiger partial charge in [0, 0.05) is 31.6 Å². The molecule has 1 atom stereocenters. The smallest absolute Gasteiger partial charge is 0.262 e. The lowest BCUT2D eigenvalue weighted by molar-refractivity contribution is -0.117. The van der Waals surface area contributed by atoms with Gasteiger partial charge >= 0.3 is 0 Å². The van der Waals surface area contributed by atoms with Crippen LogP contribution >= 0.6 is 0 Å². The predicted octanol–water partition coefficient (Wildman–Crippen LogP) is 1.79. The average molecular weight is 333 g/mol. The fourth-order valence-electron chi connectivity index (χ4n) is 2.33. The van der Waals surface area contributed by atoms with Crippen LogP contribution < -0.4 is 5.32 Å². The summed E-state index contributed by atoms with van der Waals surface area (Å²) in [4.78, 5) is 12.1. The number of aromatic nitrogens is 1. The number of hydrogen-bond acceptors (Lipinski definition) is 4. The second-order valence-corrected chi connectivity index (χ2v) is 6.16. The Balaban J connectivity index is 2.92. The van der Waals surface area contributed by atoms with Gasteiger partial charge in [-0.1, -0.05) is 13.8 Å². The van der Waals surface area contributed by atoms with Gasteiger partial charge in [0.2, 0.25) is 0 Å². The number of methoxy groups -OCH3 is 1. The molecule has 0 spiro atoms. The molecule has 2 N–H and O–H groups in total. The van der Waals surface area contributed by atoms with Crippen LogP contribution in [0.1, 0.15) is 30.8 Å². The zero-order valence-electron chi connectivity index (χ0n) is 15.1. The van der Waals surface area contributed by atoms with Crippen molar-refractivity contribution in [1.82, 2.24) is 9.88 Å². The third-order valence-corrected chi connectivity index (χ3v) is 4.04. The Morgan fingerprint density at radius 1 is 1.50 bits per heavy atom. The normalized spacial score (nSPS) is 13.0. The Bertz CT molecular complexity index is 639. The largest absolute Gasteiger partial charge is 0.391 e. The number of carbonyl (C=O) groups is 1. The first-order valence-electron chi connectivity index (χ1n) is 8.05. The average Bonchev–Trinajstić information content (AvgIpc) is 2.81.